The molecule has 2 rings (SSSR count). The highest BCUT2D eigenvalue weighted by molar-refractivity contribution is 7.89. The summed E-state index contributed by atoms with van der Waals surface area (Å²) in [5.74, 6) is -0.652. The molecule has 0 unspecified atom stereocenters. The third kappa shape index (κ3) is 3.24. The van der Waals surface area contributed by atoms with Crippen LogP contribution in [0.2, 0.25) is 0 Å². The van der Waals surface area contributed by atoms with Gasteiger partial charge in [0.2, 0.25) is 15.9 Å². The van der Waals surface area contributed by atoms with Gasteiger partial charge in [0.05, 0.1) is 6.54 Å². The third-order valence-electron chi connectivity index (χ3n) is 2.86. The third-order valence-corrected chi connectivity index (χ3v) is 4.71. The smallest absolute Gasteiger partial charge is 0.246 e. The summed E-state index contributed by atoms with van der Waals surface area (Å²) in [5, 5.41) is 12.3. The molecular weight excluding hydrogens is 268 g/mol. The SMILES string of the molecule is CN(CC(=O)NC1CC1)S(=O)(=O)c1ccccc1O. The molecule has 0 heterocycles. The number of nitrogens with one attached hydrogen (secondary N) is 1. The normalized spacial score (nSPS) is 15.5. The number of sulfonamides is 1. The van der Waals surface area contributed by atoms with Crippen LogP contribution in [0.25, 0.3) is 0 Å². The number of carbonyl (C=O) groups is 1. The average Bonchev–Trinajstić information content (AvgIpc) is 3.12. The van der Waals surface area contributed by atoms with Crippen molar-refractivity contribution in [2.24, 2.45) is 0 Å². The highest BCUT2D eigenvalue weighted by Gasteiger charge is 2.28. The molecule has 7 heteroatoms. The maximum atomic E-state index is 12.2. The maximum absolute atomic E-state index is 12.2. The monoisotopic (exact) mass is 284 g/mol. The Kier molecular flexibility index (Phi) is 3.77. The van der Waals surface area contributed by atoms with Crippen molar-refractivity contribution in [3.05, 3.63) is 24.3 Å². The van der Waals surface area contributed by atoms with Crippen LogP contribution < -0.4 is 5.32 Å². The summed E-state index contributed by atoms with van der Waals surface area (Å²) >= 11 is 0. The van der Waals surface area contributed by atoms with E-state index in [0.717, 1.165) is 17.1 Å². The number of hydrogen-bond donors (Lipinski definition) is 2. The van der Waals surface area contributed by atoms with Crippen LogP contribution in [0.5, 0.6) is 5.75 Å². The molecule has 1 saturated carbocycles. The molecule has 1 fully saturated rings. The Morgan fingerprint density at radius 2 is 2.05 bits per heavy atom. The first-order chi connectivity index (χ1) is 8.91. The first-order valence-electron chi connectivity index (χ1n) is 5.95. The number of amides is 1. The van der Waals surface area contributed by atoms with Gasteiger partial charge in [-0.1, -0.05) is 12.1 Å². The summed E-state index contributed by atoms with van der Waals surface area (Å²) in [7, 11) is -2.54. The number of phenols is 1. The Bertz CT molecular complexity index is 581. The molecule has 2 N–H and O–H groups in total. The van der Waals surface area contributed by atoms with Gasteiger partial charge in [0.15, 0.2) is 0 Å². The molecule has 1 aliphatic rings. The van der Waals surface area contributed by atoms with Crippen molar-refractivity contribution >= 4 is 15.9 Å². The molecular formula is C12H16N2O4S. The minimum Gasteiger partial charge on any atom is -0.507 e. The Balaban J connectivity index is 2.10. The fourth-order valence-electron chi connectivity index (χ4n) is 1.63. The van der Waals surface area contributed by atoms with E-state index in [9.17, 15) is 18.3 Å². The lowest BCUT2D eigenvalue weighted by molar-refractivity contribution is -0.121. The number of benzene rings is 1. The molecule has 0 atom stereocenters. The van der Waals surface area contributed by atoms with Gasteiger partial charge in [-0.3, -0.25) is 4.79 Å². The maximum Gasteiger partial charge on any atom is 0.246 e. The standard InChI is InChI=1S/C12H16N2O4S/c1-14(8-12(16)13-9-6-7-9)19(17,18)11-5-3-2-4-10(11)15/h2-5,9,15H,6-8H2,1H3,(H,13,16). The van der Waals surface area contributed by atoms with Crippen LogP contribution in [0.1, 0.15) is 12.8 Å². The molecule has 0 radical (unpaired) electrons. The van der Waals surface area contributed by atoms with Gasteiger partial charge in [-0.2, -0.15) is 4.31 Å². The van der Waals surface area contributed by atoms with E-state index in [4.69, 9.17) is 0 Å². The van der Waals surface area contributed by atoms with E-state index in [-0.39, 0.29) is 29.1 Å². The molecule has 1 aromatic carbocycles. The number of nitrogens with zero attached hydrogens (tertiary/aromatic N) is 1. The zero-order chi connectivity index (χ0) is 14.0. The van der Waals surface area contributed by atoms with Crippen LogP contribution >= 0.6 is 0 Å². The zero-order valence-electron chi connectivity index (χ0n) is 10.5. The second kappa shape index (κ2) is 5.18. The Morgan fingerprint density at radius 1 is 1.42 bits per heavy atom. The fraction of sp³-hybridized carbons (Fsp3) is 0.417. The van der Waals surface area contributed by atoms with Gasteiger partial charge in [-0.25, -0.2) is 8.42 Å². The minimum absolute atomic E-state index is 0.189. The molecule has 0 bridgehead atoms. The van der Waals surface area contributed by atoms with Crippen molar-refractivity contribution in [3.63, 3.8) is 0 Å². The van der Waals surface area contributed by atoms with E-state index >= 15 is 0 Å². The van der Waals surface area contributed by atoms with Crippen molar-refractivity contribution in [2.75, 3.05) is 13.6 Å². The first kappa shape index (κ1) is 13.8. The van der Waals surface area contributed by atoms with Crippen LogP contribution in [0.4, 0.5) is 0 Å². The summed E-state index contributed by atoms with van der Waals surface area (Å²) in [6.07, 6.45) is 1.89. The molecule has 1 amide bonds. The predicted octanol–water partition coefficient (Wildman–Crippen LogP) is 0.291. The second-order valence-corrected chi connectivity index (χ2v) is 6.58. The minimum atomic E-state index is -3.86. The summed E-state index contributed by atoms with van der Waals surface area (Å²) in [6, 6.07) is 5.85. The highest BCUT2D eigenvalue weighted by Crippen LogP contribution is 2.24. The molecule has 19 heavy (non-hydrogen) atoms. The van der Waals surface area contributed by atoms with Crippen molar-refractivity contribution < 1.29 is 18.3 Å². The van der Waals surface area contributed by atoms with Gasteiger partial charge in [0.25, 0.3) is 0 Å². The first-order valence-corrected chi connectivity index (χ1v) is 7.39. The van der Waals surface area contributed by atoms with Crippen LogP contribution in [0, 0.1) is 0 Å². The Morgan fingerprint density at radius 3 is 2.63 bits per heavy atom. The summed E-state index contributed by atoms with van der Waals surface area (Å²) in [5.41, 5.74) is 0. The molecule has 104 valence electrons. The van der Waals surface area contributed by atoms with E-state index in [2.05, 4.69) is 5.32 Å². The number of likely N-dealkylation sites (N-methyl/N-ethyl adjacent to an activating group) is 1. The lowest BCUT2D eigenvalue weighted by Gasteiger charge is -2.17. The van der Waals surface area contributed by atoms with Crippen LogP contribution in [0.3, 0.4) is 0 Å². The topological polar surface area (TPSA) is 86.7 Å². The van der Waals surface area contributed by atoms with Crippen molar-refractivity contribution in [2.45, 2.75) is 23.8 Å². The van der Waals surface area contributed by atoms with Crippen LogP contribution in [-0.4, -0.2) is 43.4 Å². The summed E-state index contributed by atoms with van der Waals surface area (Å²) in [4.78, 5) is 11.4. The molecule has 1 aliphatic carbocycles. The Labute approximate surface area is 112 Å². The van der Waals surface area contributed by atoms with E-state index in [0.29, 0.717) is 0 Å². The molecule has 6 nitrogen and oxygen atoms in total. The lowest BCUT2D eigenvalue weighted by Crippen LogP contribution is -2.39. The predicted molar refractivity (Wildman–Crippen MR) is 69.1 cm³/mol. The average molecular weight is 284 g/mol. The largest absolute Gasteiger partial charge is 0.507 e. The molecule has 0 saturated heterocycles. The van der Waals surface area contributed by atoms with Gasteiger partial charge in [0.1, 0.15) is 10.6 Å². The van der Waals surface area contributed by atoms with Gasteiger partial charge >= 0.3 is 0 Å². The highest BCUT2D eigenvalue weighted by atomic mass is 32.2. The number of carbonyl (C=O) groups excluding carboxylic acids is 1. The fourth-order valence-corrected chi connectivity index (χ4v) is 2.84. The molecule has 0 spiro atoms. The van der Waals surface area contributed by atoms with Crippen LogP contribution in [-0.2, 0) is 14.8 Å². The second-order valence-electron chi connectivity index (χ2n) is 4.57. The zero-order valence-corrected chi connectivity index (χ0v) is 11.4. The van der Waals surface area contributed by atoms with Gasteiger partial charge in [0, 0.05) is 13.1 Å². The number of para-hydroxylation sites is 1. The lowest BCUT2D eigenvalue weighted by atomic mass is 10.3. The number of rotatable bonds is 5. The molecule has 0 aromatic heterocycles. The molecule has 0 aliphatic heterocycles. The van der Waals surface area contributed by atoms with E-state index < -0.39 is 10.0 Å². The quantitative estimate of drug-likeness (QED) is 0.813. The van der Waals surface area contributed by atoms with E-state index in [1.807, 2.05) is 0 Å². The number of phenolic OH excluding ortho intramolecular Hbond substituents is 1. The number of hydrogen-bond acceptors (Lipinski definition) is 4. The summed E-state index contributed by atoms with van der Waals surface area (Å²) < 4.78 is 25.3. The Hall–Kier alpha value is -1.60. The van der Waals surface area contributed by atoms with E-state index in [1.54, 1.807) is 0 Å². The number of aromatic hydroxyl groups is 1. The van der Waals surface area contributed by atoms with Crippen LogP contribution in [0.15, 0.2) is 29.2 Å². The van der Waals surface area contributed by atoms with Gasteiger partial charge < -0.3 is 10.4 Å². The molecule has 1 aromatic rings. The van der Waals surface area contributed by atoms with Crippen molar-refractivity contribution in [1.29, 1.82) is 0 Å². The summed E-state index contributed by atoms with van der Waals surface area (Å²) in [6.45, 7) is -0.257. The van der Waals surface area contributed by atoms with Crippen molar-refractivity contribution in [1.82, 2.24) is 9.62 Å². The van der Waals surface area contributed by atoms with E-state index in [1.165, 1.54) is 31.3 Å². The van der Waals surface area contributed by atoms with Gasteiger partial charge in [-0.05, 0) is 25.0 Å². The van der Waals surface area contributed by atoms with Gasteiger partial charge in [-0.15, -0.1) is 0 Å². The van der Waals surface area contributed by atoms with Crippen molar-refractivity contribution in [3.8, 4) is 5.75 Å².